The first-order chi connectivity index (χ1) is 11.9. The number of aromatic amines is 1. The van der Waals surface area contributed by atoms with Crippen LogP contribution in [0.15, 0.2) is 24.5 Å². The SMILES string of the molecule is CCc1cccnc1C(=O)N1CCC[C@H](c2ncc(C(F)(F)F)[nH]2)C1. The summed E-state index contributed by atoms with van der Waals surface area (Å²) in [7, 11) is 0. The summed E-state index contributed by atoms with van der Waals surface area (Å²) in [5, 5.41) is 0. The lowest BCUT2D eigenvalue weighted by Gasteiger charge is -2.32. The van der Waals surface area contributed by atoms with Gasteiger partial charge in [0.25, 0.3) is 5.91 Å². The van der Waals surface area contributed by atoms with E-state index in [4.69, 9.17) is 0 Å². The van der Waals surface area contributed by atoms with Crippen molar-refractivity contribution in [2.75, 3.05) is 13.1 Å². The Balaban J connectivity index is 1.77. The van der Waals surface area contributed by atoms with E-state index in [1.165, 1.54) is 0 Å². The van der Waals surface area contributed by atoms with Gasteiger partial charge >= 0.3 is 6.18 Å². The molecule has 0 bridgehead atoms. The van der Waals surface area contributed by atoms with E-state index in [9.17, 15) is 18.0 Å². The molecule has 0 saturated carbocycles. The topological polar surface area (TPSA) is 61.9 Å². The van der Waals surface area contributed by atoms with Crippen LogP contribution < -0.4 is 0 Å². The van der Waals surface area contributed by atoms with Crippen LogP contribution in [0.5, 0.6) is 0 Å². The highest BCUT2D eigenvalue weighted by Gasteiger charge is 2.35. The van der Waals surface area contributed by atoms with Crippen LogP contribution in [0, 0.1) is 0 Å². The maximum absolute atomic E-state index is 12.8. The molecule has 25 heavy (non-hydrogen) atoms. The Bertz CT molecular complexity index is 756. The van der Waals surface area contributed by atoms with Crippen LogP contribution in [0.4, 0.5) is 13.2 Å². The number of halogens is 3. The van der Waals surface area contributed by atoms with Crippen molar-refractivity contribution >= 4 is 5.91 Å². The number of rotatable bonds is 3. The minimum absolute atomic E-state index is 0.176. The standard InChI is InChI=1S/C17H19F3N4O/c1-2-11-5-3-7-21-14(11)16(25)24-8-4-6-12(10-24)15-22-9-13(23-15)17(18,19)20/h3,5,7,9,12H,2,4,6,8,10H2,1H3,(H,22,23)/t12-/m0/s1. The van der Waals surface area contributed by atoms with E-state index in [0.29, 0.717) is 38.0 Å². The molecular weight excluding hydrogens is 333 g/mol. The molecule has 0 aromatic carbocycles. The third-order valence-electron chi connectivity index (χ3n) is 4.47. The molecule has 0 unspecified atom stereocenters. The van der Waals surface area contributed by atoms with Crippen LogP contribution in [-0.2, 0) is 12.6 Å². The third-order valence-corrected chi connectivity index (χ3v) is 4.47. The molecule has 2 aromatic heterocycles. The number of nitrogens with zero attached hydrogens (tertiary/aromatic N) is 3. The summed E-state index contributed by atoms with van der Waals surface area (Å²) in [4.78, 5) is 24.9. The van der Waals surface area contributed by atoms with E-state index in [0.717, 1.165) is 11.8 Å². The molecule has 0 aliphatic carbocycles. The van der Waals surface area contributed by atoms with Crippen LogP contribution in [0.25, 0.3) is 0 Å². The van der Waals surface area contributed by atoms with Gasteiger partial charge in [-0.25, -0.2) is 4.98 Å². The lowest BCUT2D eigenvalue weighted by Crippen LogP contribution is -2.40. The number of H-pyrrole nitrogens is 1. The lowest BCUT2D eigenvalue weighted by atomic mass is 9.96. The highest BCUT2D eigenvalue weighted by atomic mass is 19.4. The van der Waals surface area contributed by atoms with Crippen molar-refractivity contribution in [2.45, 2.75) is 38.3 Å². The Morgan fingerprint density at radius 3 is 2.88 bits per heavy atom. The monoisotopic (exact) mass is 352 g/mol. The van der Waals surface area contributed by atoms with E-state index in [1.807, 2.05) is 13.0 Å². The third kappa shape index (κ3) is 3.67. The van der Waals surface area contributed by atoms with Gasteiger partial charge in [0.2, 0.25) is 0 Å². The molecule has 1 N–H and O–H groups in total. The number of pyridine rings is 1. The van der Waals surface area contributed by atoms with E-state index < -0.39 is 11.9 Å². The van der Waals surface area contributed by atoms with Gasteiger partial charge in [0.05, 0.1) is 6.20 Å². The summed E-state index contributed by atoms with van der Waals surface area (Å²) in [6.45, 7) is 2.86. The Morgan fingerprint density at radius 1 is 1.40 bits per heavy atom. The first-order valence-corrected chi connectivity index (χ1v) is 8.25. The first kappa shape index (κ1) is 17.4. The summed E-state index contributed by atoms with van der Waals surface area (Å²) < 4.78 is 38.2. The quantitative estimate of drug-likeness (QED) is 0.921. The molecule has 1 atom stereocenters. The minimum atomic E-state index is -4.45. The molecular formula is C17H19F3N4O. The van der Waals surface area contributed by atoms with Gasteiger partial charge in [0.15, 0.2) is 0 Å². The number of carbonyl (C=O) groups excluding carboxylic acids is 1. The van der Waals surface area contributed by atoms with Crippen molar-refractivity contribution in [3.05, 3.63) is 47.3 Å². The number of imidazole rings is 1. The average Bonchev–Trinajstić information content (AvgIpc) is 3.12. The molecule has 0 spiro atoms. The zero-order valence-electron chi connectivity index (χ0n) is 13.8. The van der Waals surface area contributed by atoms with Gasteiger partial charge in [-0.15, -0.1) is 0 Å². The van der Waals surface area contributed by atoms with Gasteiger partial charge in [-0.05, 0) is 30.9 Å². The number of carbonyl (C=O) groups is 1. The Morgan fingerprint density at radius 2 is 2.20 bits per heavy atom. The van der Waals surface area contributed by atoms with Crippen LogP contribution in [0.2, 0.25) is 0 Å². The van der Waals surface area contributed by atoms with Gasteiger partial charge in [-0.1, -0.05) is 13.0 Å². The van der Waals surface area contributed by atoms with Crippen molar-refractivity contribution in [3.63, 3.8) is 0 Å². The average molecular weight is 352 g/mol. The van der Waals surface area contributed by atoms with Crippen LogP contribution in [0.1, 0.15) is 53.3 Å². The second-order valence-corrected chi connectivity index (χ2v) is 6.13. The predicted molar refractivity (Wildman–Crippen MR) is 85.1 cm³/mol. The van der Waals surface area contributed by atoms with E-state index in [1.54, 1.807) is 17.2 Å². The number of aromatic nitrogens is 3. The molecule has 134 valence electrons. The van der Waals surface area contributed by atoms with Crippen LogP contribution >= 0.6 is 0 Å². The second-order valence-electron chi connectivity index (χ2n) is 6.13. The number of likely N-dealkylation sites (tertiary alicyclic amines) is 1. The van der Waals surface area contributed by atoms with E-state index in [2.05, 4.69) is 15.0 Å². The van der Waals surface area contributed by atoms with Gasteiger partial charge in [-0.3, -0.25) is 9.78 Å². The largest absolute Gasteiger partial charge is 0.432 e. The maximum Gasteiger partial charge on any atom is 0.432 e. The van der Waals surface area contributed by atoms with Crippen LogP contribution in [-0.4, -0.2) is 38.8 Å². The highest BCUT2D eigenvalue weighted by molar-refractivity contribution is 5.93. The molecule has 2 aromatic rings. The fourth-order valence-electron chi connectivity index (χ4n) is 3.14. The van der Waals surface area contributed by atoms with Gasteiger partial charge < -0.3 is 9.88 Å². The lowest BCUT2D eigenvalue weighted by molar-refractivity contribution is -0.141. The second kappa shape index (κ2) is 6.85. The molecule has 3 rings (SSSR count). The summed E-state index contributed by atoms with van der Waals surface area (Å²) in [5.74, 6) is -0.131. The smallest absolute Gasteiger partial charge is 0.338 e. The number of alkyl halides is 3. The molecule has 8 heteroatoms. The number of hydrogen-bond acceptors (Lipinski definition) is 3. The van der Waals surface area contributed by atoms with Gasteiger partial charge in [0, 0.05) is 25.2 Å². The fourth-order valence-corrected chi connectivity index (χ4v) is 3.14. The Labute approximate surface area is 143 Å². The molecule has 1 aliphatic rings. The summed E-state index contributed by atoms with van der Waals surface area (Å²) in [5.41, 5.74) is 0.428. The summed E-state index contributed by atoms with van der Waals surface area (Å²) >= 11 is 0. The highest BCUT2D eigenvalue weighted by Crippen LogP contribution is 2.31. The van der Waals surface area contributed by atoms with Crippen molar-refractivity contribution in [1.29, 1.82) is 0 Å². The molecule has 3 heterocycles. The Kier molecular flexibility index (Phi) is 4.78. The first-order valence-electron chi connectivity index (χ1n) is 8.25. The number of hydrogen-bond donors (Lipinski definition) is 1. The zero-order valence-corrected chi connectivity index (χ0v) is 13.8. The molecule has 1 amide bonds. The number of aryl methyl sites for hydroxylation is 1. The molecule has 1 aliphatic heterocycles. The zero-order chi connectivity index (χ0) is 18.0. The van der Waals surface area contributed by atoms with Crippen molar-refractivity contribution in [2.24, 2.45) is 0 Å². The van der Waals surface area contributed by atoms with Gasteiger partial charge in [0.1, 0.15) is 17.2 Å². The van der Waals surface area contributed by atoms with Crippen molar-refractivity contribution in [1.82, 2.24) is 19.9 Å². The van der Waals surface area contributed by atoms with Crippen molar-refractivity contribution < 1.29 is 18.0 Å². The van der Waals surface area contributed by atoms with Crippen molar-refractivity contribution in [3.8, 4) is 0 Å². The Hall–Kier alpha value is -2.38. The summed E-state index contributed by atoms with van der Waals surface area (Å²) in [6, 6.07) is 3.65. The summed E-state index contributed by atoms with van der Waals surface area (Å²) in [6.07, 6.45) is 0.0446. The molecule has 1 saturated heterocycles. The molecule has 1 fully saturated rings. The van der Waals surface area contributed by atoms with Crippen LogP contribution in [0.3, 0.4) is 0 Å². The number of piperidine rings is 1. The van der Waals surface area contributed by atoms with Gasteiger partial charge in [-0.2, -0.15) is 13.2 Å². The number of nitrogens with one attached hydrogen (secondary N) is 1. The predicted octanol–water partition coefficient (Wildman–Crippen LogP) is 3.41. The number of amides is 1. The minimum Gasteiger partial charge on any atom is -0.338 e. The molecule has 0 radical (unpaired) electrons. The molecule has 5 nitrogen and oxygen atoms in total. The fraction of sp³-hybridized carbons (Fsp3) is 0.471. The van der Waals surface area contributed by atoms with E-state index in [-0.39, 0.29) is 17.6 Å². The van der Waals surface area contributed by atoms with E-state index >= 15 is 0 Å². The normalized spacial score (nSPS) is 18.4. The maximum atomic E-state index is 12.8.